The number of amides is 1. The molecule has 0 unspecified atom stereocenters. The molecule has 1 aromatic heterocycles. The molecule has 0 saturated heterocycles. The zero-order valence-electron chi connectivity index (χ0n) is 11.9. The fourth-order valence-electron chi connectivity index (χ4n) is 1.76. The number of hydrogen-bond acceptors (Lipinski definition) is 4. The van der Waals surface area contributed by atoms with Crippen LogP contribution < -0.4 is 15.8 Å². The van der Waals surface area contributed by atoms with Gasteiger partial charge in [-0.3, -0.25) is 4.79 Å². The van der Waals surface area contributed by atoms with Crippen molar-refractivity contribution in [3.05, 3.63) is 45.1 Å². The van der Waals surface area contributed by atoms with Crippen molar-refractivity contribution in [3.63, 3.8) is 0 Å². The number of carbonyl (C=O) groups is 1. The van der Waals surface area contributed by atoms with E-state index in [1.54, 1.807) is 11.3 Å². The van der Waals surface area contributed by atoms with Gasteiger partial charge in [0.05, 0.1) is 0 Å². The molecule has 0 fully saturated rings. The van der Waals surface area contributed by atoms with Gasteiger partial charge in [-0.05, 0) is 52.7 Å². The van der Waals surface area contributed by atoms with Gasteiger partial charge in [0, 0.05) is 33.4 Å². The maximum absolute atomic E-state index is 11.9. The van der Waals surface area contributed by atoms with Gasteiger partial charge in [-0.1, -0.05) is 0 Å². The molecule has 4 nitrogen and oxygen atoms in total. The quantitative estimate of drug-likeness (QED) is 0.735. The summed E-state index contributed by atoms with van der Waals surface area (Å²) in [5, 5.41) is 4.90. The number of nitrogens with one attached hydrogen (secondary N) is 1. The number of anilines is 1. The van der Waals surface area contributed by atoms with Crippen molar-refractivity contribution in [1.82, 2.24) is 0 Å². The molecule has 22 heavy (non-hydrogen) atoms. The lowest BCUT2D eigenvalue weighted by Crippen LogP contribution is -2.12. The molecule has 0 spiro atoms. The lowest BCUT2D eigenvalue weighted by Gasteiger charge is -2.07. The largest absolute Gasteiger partial charge is 0.492 e. The highest BCUT2D eigenvalue weighted by molar-refractivity contribution is 9.10. The van der Waals surface area contributed by atoms with Crippen molar-refractivity contribution < 1.29 is 9.53 Å². The summed E-state index contributed by atoms with van der Waals surface area (Å²) in [5.41, 5.74) is 6.14. The molecule has 0 saturated carbocycles. The van der Waals surface area contributed by atoms with Crippen molar-refractivity contribution >= 4 is 51.3 Å². The first-order valence-corrected chi connectivity index (χ1v) is 8.30. The Hall–Kier alpha value is -1.08. The standard InChI is InChI=1S/C15H17BrN2O2S.ClH/c16-11-9-14(21-10-11)5-6-15(19)18-12-1-3-13(4-2-12)20-8-7-17;/h1-4,9-10H,5-8,17H2,(H,18,19);1H. The van der Waals surface area contributed by atoms with Gasteiger partial charge >= 0.3 is 0 Å². The Balaban J connectivity index is 0.00000242. The normalized spacial score (nSPS) is 9.91. The number of rotatable bonds is 7. The van der Waals surface area contributed by atoms with Gasteiger partial charge in [-0.25, -0.2) is 0 Å². The Morgan fingerprint density at radius 1 is 1.32 bits per heavy atom. The highest BCUT2D eigenvalue weighted by atomic mass is 79.9. The minimum absolute atomic E-state index is 0. The molecule has 1 aromatic carbocycles. The zero-order valence-corrected chi connectivity index (χ0v) is 15.1. The summed E-state index contributed by atoms with van der Waals surface area (Å²) in [4.78, 5) is 13.1. The summed E-state index contributed by atoms with van der Waals surface area (Å²) >= 11 is 5.06. The third-order valence-corrected chi connectivity index (χ3v) is 4.50. The van der Waals surface area contributed by atoms with Crippen molar-refractivity contribution in [1.29, 1.82) is 0 Å². The minimum Gasteiger partial charge on any atom is -0.492 e. The number of halogens is 2. The number of nitrogens with two attached hydrogens (primary N) is 1. The van der Waals surface area contributed by atoms with Crippen LogP contribution in [-0.2, 0) is 11.2 Å². The van der Waals surface area contributed by atoms with E-state index in [0.717, 1.165) is 22.3 Å². The topological polar surface area (TPSA) is 64.3 Å². The van der Waals surface area contributed by atoms with Crippen molar-refractivity contribution in [2.45, 2.75) is 12.8 Å². The van der Waals surface area contributed by atoms with E-state index in [0.29, 0.717) is 19.6 Å². The van der Waals surface area contributed by atoms with Gasteiger partial charge in [0.1, 0.15) is 12.4 Å². The van der Waals surface area contributed by atoms with E-state index in [9.17, 15) is 4.79 Å². The third-order valence-electron chi connectivity index (χ3n) is 2.74. The maximum atomic E-state index is 11.9. The van der Waals surface area contributed by atoms with Gasteiger partial charge in [0.2, 0.25) is 5.91 Å². The lowest BCUT2D eigenvalue weighted by atomic mass is 10.2. The molecule has 2 rings (SSSR count). The van der Waals surface area contributed by atoms with Crippen LogP contribution in [0, 0.1) is 0 Å². The van der Waals surface area contributed by atoms with Gasteiger partial charge in [0.15, 0.2) is 0 Å². The second-order valence-electron chi connectivity index (χ2n) is 4.44. The summed E-state index contributed by atoms with van der Waals surface area (Å²) in [5.74, 6) is 0.761. The van der Waals surface area contributed by atoms with Crippen LogP contribution in [0.25, 0.3) is 0 Å². The number of benzene rings is 1. The first-order chi connectivity index (χ1) is 10.2. The fraction of sp³-hybridized carbons (Fsp3) is 0.267. The maximum Gasteiger partial charge on any atom is 0.224 e. The first kappa shape index (κ1) is 19.0. The molecular formula is C15H18BrClN2O2S. The van der Waals surface area contributed by atoms with Gasteiger partial charge in [0.25, 0.3) is 0 Å². The van der Waals surface area contributed by atoms with Gasteiger partial charge in [-0.15, -0.1) is 23.7 Å². The van der Waals surface area contributed by atoms with Crippen LogP contribution >= 0.6 is 39.7 Å². The van der Waals surface area contributed by atoms with Crippen LogP contribution in [0.2, 0.25) is 0 Å². The molecule has 1 heterocycles. The average molecular weight is 406 g/mol. The van der Waals surface area contributed by atoms with E-state index in [4.69, 9.17) is 10.5 Å². The highest BCUT2D eigenvalue weighted by Gasteiger charge is 2.05. The SMILES string of the molecule is Cl.NCCOc1ccc(NC(=O)CCc2cc(Br)cs2)cc1. The smallest absolute Gasteiger partial charge is 0.224 e. The Morgan fingerprint density at radius 3 is 2.64 bits per heavy atom. The number of thiophene rings is 1. The Labute approximate surface area is 148 Å². The van der Waals surface area contributed by atoms with Crippen LogP contribution in [0.15, 0.2) is 40.2 Å². The van der Waals surface area contributed by atoms with Crippen molar-refractivity contribution in [3.8, 4) is 5.75 Å². The van der Waals surface area contributed by atoms with E-state index >= 15 is 0 Å². The molecule has 0 atom stereocenters. The number of aryl methyl sites for hydroxylation is 1. The predicted molar refractivity (Wildman–Crippen MR) is 97.2 cm³/mol. The molecule has 0 aliphatic heterocycles. The van der Waals surface area contributed by atoms with E-state index < -0.39 is 0 Å². The second-order valence-corrected chi connectivity index (χ2v) is 6.35. The lowest BCUT2D eigenvalue weighted by molar-refractivity contribution is -0.116. The summed E-state index contributed by atoms with van der Waals surface area (Å²) in [6.45, 7) is 0.972. The summed E-state index contributed by atoms with van der Waals surface area (Å²) < 4.78 is 6.45. The molecule has 120 valence electrons. The van der Waals surface area contributed by atoms with E-state index in [2.05, 4.69) is 21.2 Å². The Kier molecular flexibility index (Phi) is 8.48. The Morgan fingerprint density at radius 2 is 2.05 bits per heavy atom. The van der Waals surface area contributed by atoms with Crippen molar-refractivity contribution in [2.24, 2.45) is 5.73 Å². The van der Waals surface area contributed by atoms with Crippen LogP contribution in [0.5, 0.6) is 5.75 Å². The highest BCUT2D eigenvalue weighted by Crippen LogP contribution is 2.21. The van der Waals surface area contributed by atoms with Gasteiger partial charge in [-0.2, -0.15) is 0 Å². The minimum atomic E-state index is 0. The predicted octanol–water partition coefficient (Wildman–Crippen LogP) is 3.84. The molecule has 0 radical (unpaired) electrons. The summed E-state index contributed by atoms with van der Waals surface area (Å²) in [6, 6.07) is 9.34. The molecule has 2 aromatic rings. The summed E-state index contributed by atoms with van der Waals surface area (Å²) in [7, 11) is 0. The monoisotopic (exact) mass is 404 g/mol. The van der Waals surface area contributed by atoms with Crippen LogP contribution in [0.3, 0.4) is 0 Å². The Bertz CT molecular complexity index is 589. The molecule has 7 heteroatoms. The van der Waals surface area contributed by atoms with Crippen LogP contribution in [0.1, 0.15) is 11.3 Å². The van der Waals surface area contributed by atoms with Crippen molar-refractivity contribution in [2.75, 3.05) is 18.5 Å². The molecule has 0 bridgehead atoms. The molecular weight excluding hydrogens is 388 g/mol. The number of carbonyl (C=O) groups excluding carboxylic acids is 1. The summed E-state index contributed by atoms with van der Waals surface area (Å²) in [6.07, 6.45) is 1.22. The van der Waals surface area contributed by atoms with E-state index in [1.807, 2.05) is 35.7 Å². The van der Waals surface area contributed by atoms with E-state index in [1.165, 1.54) is 4.88 Å². The second kappa shape index (κ2) is 9.84. The van der Waals surface area contributed by atoms with Crippen LogP contribution in [0.4, 0.5) is 5.69 Å². The molecule has 0 aliphatic rings. The fourth-order valence-corrected chi connectivity index (χ4v) is 3.21. The molecule has 3 N–H and O–H groups in total. The van der Waals surface area contributed by atoms with Crippen LogP contribution in [-0.4, -0.2) is 19.1 Å². The van der Waals surface area contributed by atoms with E-state index in [-0.39, 0.29) is 18.3 Å². The molecule has 1 amide bonds. The third kappa shape index (κ3) is 6.36. The van der Waals surface area contributed by atoms with Gasteiger partial charge < -0.3 is 15.8 Å². The number of hydrogen-bond donors (Lipinski definition) is 2. The molecule has 0 aliphatic carbocycles. The number of ether oxygens (including phenoxy) is 1. The first-order valence-electron chi connectivity index (χ1n) is 6.63. The zero-order chi connectivity index (χ0) is 15.1. The average Bonchev–Trinajstić information content (AvgIpc) is 2.90.